The summed E-state index contributed by atoms with van der Waals surface area (Å²) in [6, 6.07) is 20.0. The smallest absolute Gasteiger partial charge is 0.226 e. The van der Waals surface area contributed by atoms with Crippen LogP contribution in [0.1, 0.15) is 36.9 Å². The van der Waals surface area contributed by atoms with Gasteiger partial charge in [-0.15, -0.1) is 0 Å². The molecule has 3 heterocycles. The highest BCUT2D eigenvalue weighted by atomic mass is 16.5. The van der Waals surface area contributed by atoms with Crippen molar-refractivity contribution in [1.29, 1.82) is 0 Å². The molecule has 0 saturated carbocycles. The van der Waals surface area contributed by atoms with Crippen molar-refractivity contribution in [2.24, 2.45) is 0 Å². The van der Waals surface area contributed by atoms with Gasteiger partial charge in [0.25, 0.3) is 0 Å². The average molecular weight is 418 g/mol. The van der Waals surface area contributed by atoms with Crippen molar-refractivity contribution >= 4 is 0 Å². The Labute approximate surface area is 184 Å². The van der Waals surface area contributed by atoms with Crippen LogP contribution in [0.15, 0.2) is 65.3 Å². The van der Waals surface area contributed by atoms with E-state index in [4.69, 9.17) is 14.1 Å². The number of likely N-dealkylation sites (tertiary alicyclic amines) is 2. The number of rotatable bonds is 7. The highest BCUT2D eigenvalue weighted by Gasteiger charge is 2.37. The highest BCUT2D eigenvalue weighted by Crippen LogP contribution is 2.32. The van der Waals surface area contributed by atoms with Gasteiger partial charge >= 0.3 is 0 Å². The molecule has 3 aromatic rings. The molecular weight excluding hydrogens is 386 g/mol. The van der Waals surface area contributed by atoms with Crippen LogP contribution in [-0.4, -0.2) is 47.1 Å². The Morgan fingerprint density at radius 2 is 1.58 bits per heavy atom. The first-order valence-electron chi connectivity index (χ1n) is 11.4. The standard InChI is InChI=1S/C26H31N3O2/c1-30-23-13-11-21(12-14-23)26-27-22(19-31-26)18-29-16-6-10-25(29)24-9-5-15-28(24)17-20-7-3-2-4-8-20/h2-4,7-8,11-14,19,24-25H,5-6,9-10,15-18H2,1H3. The maximum Gasteiger partial charge on any atom is 0.226 e. The van der Waals surface area contributed by atoms with Gasteiger partial charge in [0.1, 0.15) is 12.0 Å². The third-order valence-electron chi connectivity index (χ3n) is 6.75. The summed E-state index contributed by atoms with van der Waals surface area (Å²) in [5.41, 5.74) is 3.42. The van der Waals surface area contributed by atoms with Crippen molar-refractivity contribution in [2.45, 2.75) is 50.9 Å². The summed E-state index contributed by atoms with van der Waals surface area (Å²) >= 11 is 0. The second kappa shape index (κ2) is 9.25. The maximum atomic E-state index is 5.81. The van der Waals surface area contributed by atoms with Crippen molar-refractivity contribution in [1.82, 2.24) is 14.8 Å². The molecule has 0 amide bonds. The lowest BCUT2D eigenvalue weighted by atomic mass is 10.0. The Kier molecular flexibility index (Phi) is 6.05. The van der Waals surface area contributed by atoms with Crippen molar-refractivity contribution < 1.29 is 9.15 Å². The van der Waals surface area contributed by atoms with Gasteiger partial charge in [0.05, 0.1) is 12.8 Å². The Morgan fingerprint density at radius 1 is 0.903 bits per heavy atom. The van der Waals surface area contributed by atoms with Crippen LogP contribution in [0, 0.1) is 0 Å². The Bertz CT molecular complexity index is 970. The molecule has 2 saturated heterocycles. The van der Waals surface area contributed by atoms with Gasteiger partial charge < -0.3 is 9.15 Å². The van der Waals surface area contributed by atoms with Crippen LogP contribution in [0.3, 0.4) is 0 Å². The number of oxazole rings is 1. The van der Waals surface area contributed by atoms with E-state index in [1.807, 2.05) is 30.5 Å². The third-order valence-corrected chi connectivity index (χ3v) is 6.75. The Balaban J connectivity index is 1.26. The Hall–Kier alpha value is -2.63. The first-order chi connectivity index (χ1) is 15.3. The van der Waals surface area contributed by atoms with Crippen LogP contribution in [0.4, 0.5) is 0 Å². The minimum atomic E-state index is 0.604. The molecule has 5 heteroatoms. The van der Waals surface area contributed by atoms with Gasteiger partial charge in [-0.25, -0.2) is 4.98 Å². The molecule has 162 valence electrons. The van der Waals surface area contributed by atoms with Crippen LogP contribution in [0.5, 0.6) is 5.75 Å². The van der Waals surface area contributed by atoms with Gasteiger partial charge in [-0.05, 0) is 68.6 Å². The van der Waals surface area contributed by atoms with E-state index < -0.39 is 0 Å². The van der Waals surface area contributed by atoms with Gasteiger partial charge in [-0.3, -0.25) is 9.80 Å². The van der Waals surface area contributed by atoms with E-state index in [-0.39, 0.29) is 0 Å². The Morgan fingerprint density at radius 3 is 2.26 bits per heavy atom. The number of benzene rings is 2. The molecule has 0 aliphatic carbocycles. The van der Waals surface area contributed by atoms with Crippen LogP contribution >= 0.6 is 0 Å². The first kappa shape index (κ1) is 20.3. The lowest BCUT2D eigenvalue weighted by Gasteiger charge is -2.34. The van der Waals surface area contributed by atoms with E-state index in [2.05, 4.69) is 40.1 Å². The molecule has 2 aromatic carbocycles. The minimum absolute atomic E-state index is 0.604. The van der Waals surface area contributed by atoms with E-state index >= 15 is 0 Å². The zero-order valence-electron chi connectivity index (χ0n) is 18.2. The van der Waals surface area contributed by atoms with Gasteiger partial charge in [0.2, 0.25) is 5.89 Å². The first-order valence-corrected chi connectivity index (χ1v) is 11.4. The van der Waals surface area contributed by atoms with Crippen LogP contribution in [0.25, 0.3) is 11.5 Å². The lowest BCUT2D eigenvalue weighted by molar-refractivity contribution is 0.123. The maximum absolute atomic E-state index is 5.81. The predicted octanol–water partition coefficient (Wildman–Crippen LogP) is 4.98. The molecule has 2 fully saturated rings. The third kappa shape index (κ3) is 4.53. The molecule has 5 nitrogen and oxygen atoms in total. The van der Waals surface area contributed by atoms with Gasteiger partial charge in [-0.1, -0.05) is 30.3 Å². The summed E-state index contributed by atoms with van der Waals surface area (Å²) in [5, 5.41) is 0. The summed E-state index contributed by atoms with van der Waals surface area (Å²) in [5.74, 6) is 1.52. The lowest BCUT2D eigenvalue weighted by Crippen LogP contribution is -2.45. The van der Waals surface area contributed by atoms with Gasteiger partial charge in [0.15, 0.2) is 0 Å². The number of ether oxygens (including phenoxy) is 1. The topological polar surface area (TPSA) is 41.7 Å². The summed E-state index contributed by atoms with van der Waals surface area (Å²) in [7, 11) is 1.68. The molecule has 2 aliphatic heterocycles. The summed E-state index contributed by atoms with van der Waals surface area (Å²) in [6.45, 7) is 4.27. The summed E-state index contributed by atoms with van der Waals surface area (Å²) < 4.78 is 11.1. The van der Waals surface area contributed by atoms with E-state index in [1.54, 1.807) is 7.11 Å². The normalized spacial score (nSPS) is 22.2. The molecular formula is C26H31N3O2. The molecule has 2 unspecified atom stereocenters. The monoisotopic (exact) mass is 417 g/mol. The molecule has 0 bridgehead atoms. The molecule has 2 atom stereocenters. The predicted molar refractivity (Wildman–Crippen MR) is 122 cm³/mol. The number of methoxy groups -OCH3 is 1. The zero-order chi connectivity index (χ0) is 21.0. The molecule has 0 spiro atoms. The molecule has 5 rings (SSSR count). The van der Waals surface area contributed by atoms with Crippen LogP contribution in [-0.2, 0) is 13.1 Å². The molecule has 0 radical (unpaired) electrons. The van der Waals surface area contributed by atoms with Crippen molar-refractivity contribution in [3.8, 4) is 17.2 Å². The molecule has 2 aliphatic rings. The van der Waals surface area contributed by atoms with E-state index in [0.29, 0.717) is 18.0 Å². The van der Waals surface area contributed by atoms with Crippen LogP contribution in [0.2, 0.25) is 0 Å². The highest BCUT2D eigenvalue weighted by molar-refractivity contribution is 5.54. The van der Waals surface area contributed by atoms with Crippen molar-refractivity contribution in [2.75, 3.05) is 20.2 Å². The van der Waals surface area contributed by atoms with Crippen molar-refractivity contribution in [3.05, 3.63) is 72.1 Å². The fraction of sp³-hybridized carbons (Fsp3) is 0.423. The minimum Gasteiger partial charge on any atom is -0.497 e. The summed E-state index contributed by atoms with van der Waals surface area (Å²) in [6.07, 6.45) is 6.96. The quantitative estimate of drug-likeness (QED) is 0.542. The van der Waals surface area contributed by atoms with Gasteiger partial charge in [-0.2, -0.15) is 0 Å². The second-order valence-electron chi connectivity index (χ2n) is 8.72. The number of hydrogen-bond donors (Lipinski definition) is 0. The number of aromatic nitrogens is 1. The molecule has 1 aromatic heterocycles. The molecule has 31 heavy (non-hydrogen) atoms. The summed E-state index contributed by atoms with van der Waals surface area (Å²) in [4.78, 5) is 10.1. The zero-order valence-corrected chi connectivity index (χ0v) is 18.2. The SMILES string of the molecule is COc1ccc(-c2nc(CN3CCCC3C3CCCN3Cc3ccccc3)co2)cc1. The van der Waals surface area contributed by atoms with Crippen LogP contribution < -0.4 is 4.74 Å². The average Bonchev–Trinajstić information content (AvgIpc) is 3.56. The molecule has 0 N–H and O–H groups in total. The van der Waals surface area contributed by atoms with Gasteiger partial charge in [0, 0.05) is 30.7 Å². The van der Waals surface area contributed by atoms with E-state index in [0.717, 1.165) is 36.6 Å². The second-order valence-corrected chi connectivity index (χ2v) is 8.72. The number of hydrogen-bond acceptors (Lipinski definition) is 5. The van der Waals surface area contributed by atoms with Crippen molar-refractivity contribution in [3.63, 3.8) is 0 Å². The fourth-order valence-corrected chi connectivity index (χ4v) is 5.24. The van der Waals surface area contributed by atoms with E-state index in [1.165, 1.54) is 37.8 Å². The largest absolute Gasteiger partial charge is 0.497 e. The fourth-order valence-electron chi connectivity index (χ4n) is 5.24. The number of nitrogens with zero attached hydrogens (tertiary/aromatic N) is 3. The van der Waals surface area contributed by atoms with E-state index in [9.17, 15) is 0 Å².